The molecule has 0 fully saturated rings. The first kappa shape index (κ1) is 18.1. The lowest BCUT2D eigenvalue weighted by atomic mass is 10.1. The SMILES string of the molecule is COC(=O)c1ccc2c(c1)c1ccc(OC)cc1n2S(=O)(=O)c1ccccc1. The Bertz CT molecular complexity index is 1310. The molecule has 0 radical (unpaired) electrons. The number of esters is 1. The topological polar surface area (TPSA) is 74.6 Å². The minimum absolute atomic E-state index is 0.175. The van der Waals surface area contributed by atoms with Gasteiger partial charge < -0.3 is 9.47 Å². The van der Waals surface area contributed by atoms with Crippen molar-refractivity contribution in [1.82, 2.24) is 3.97 Å². The molecule has 3 aromatic carbocycles. The van der Waals surface area contributed by atoms with E-state index in [0.29, 0.717) is 33.1 Å². The number of methoxy groups -OCH3 is 2. The van der Waals surface area contributed by atoms with Gasteiger partial charge in [0.15, 0.2) is 0 Å². The van der Waals surface area contributed by atoms with E-state index in [4.69, 9.17) is 9.47 Å². The van der Waals surface area contributed by atoms with Crippen LogP contribution < -0.4 is 4.74 Å². The third kappa shape index (κ3) is 2.71. The molecule has 0 N–H and O–H groups in total. The Morgan fingerprint density at radius 2 is 1.61 bits per heavy atom. The molecule has 142 valence electrons. The maximum Gasteiger partial charge on any atom is 0.337 e. The molecule has 0 atom stereocenters. The Labute approximate surface area is 162 Å². The van der Waals surface area contributed by atoms with Gasteiger partial charge in [-0.1, -0.05) is 18.2 Å². The standard InChI is InChI=1S/C21H17NO5S/c1-26-15-9-10-17-18-12-14(21(23)27-2)8-11-19(18)22(20(17)13-15)28(24,25)16-6-4-3-5-7-16/h3-13H,1-2H3. The Morgan fingerprint density at radius 3 is 2.29 bits per heavy atom. The second-order valence-electron chi connectivity index (χ2n) is 6.19. The molecule has 0 aliphatic carbocycles. The highest BCUT2D eigenvalue weighted by molar-refractivity contribution is 7.90. The number of fused-ring (bicyclic) bond motifs is 3. The highest BCUT2D eigenvalue weighted by Gasteiger charge is 2.24. The van der Waals surface area contributed by atoms with Crippen molar-refractivity contribution >= 4 is 37.8 Å². The van der Waals surface area contributed by atoms with Crippen LogP contribution in [0.3, 0.4) is 0 Å². The molecule has 0 unspecified atom stereocenters. The molecular formula is C21H17NO5S. The summed E-state index contributed by atoms with van der Waals surface area (Å²) in [7, 11) is -1.04. The molecule has 0 aliphatic heterocycles. The van der Waals surface area contributed by atoms with E-state index in [1.165, 1.54) is 18.2 Å². The van der Waals surface area contributed by atoms with Crippen LogP contribution in [0.1, 0.15) is 10.4 Å². The number of hydrogen-bond donors (Lipinski definition) is 0. The summed E-state index contributed by atoms with van der Waals surface area (Å²) in [5.74, 6) is 0.0511. The van der Waals surface area contributed by atoms with Gasteiger partial charge in [0.1, 0.15) is 5.75 Å². The van der Waals surface area contributed by atoms with Gasteiger partial charge in [0.05, 0.1) is 35.7 Å². The molecule has 7 heteroatoms. The van der Waals surface area contributed by atoms with Crippen LogP contribution >= 0.6 is 0 Å². The molecule has 4 aromatic rings. The number of carbonyl (C=O) groups is 1. The highest BCUT2D eigenvalue weighted by Crippen LogP contribution is 2.35. The molecule has 0 spiro atoms. The molecular weight excluding hydrogens is 378 g/mol. The predicted octanol–water partition coefficient (Wildman–Crippen LogP) is 3.83. The zero-order valence-electron chi connectivity index (χ0n) is 15.2. The minimum atomic E-state index is -3.87. The zero-order chi connectivity index (χ0) is 19.9. The van der Waals surface area contributed by atoms with E-state index in [9.17, 15) is 13.2 Å². The fourth-order valence-corrected chi connectivity index (χ4v) is 4.83. The Hall–Kier alpha value is -3.32. The maximum absolute atomic E-state index is 13.4. The van der Waals surface area contributed by atoms with Gasteiger partial charge in [-0.05, 0) is 42.5 Å². The molecule has 1 heterocycles. The Kier molecular flexibility index (Phi) is 4.31. The first-order valence-electron chi connectivity index (χ1n) is 8.48. The van der Waals surface area contributed by atoms with Crippen LogP contribution in [0.5, 0.6) is 5.75 Å². The number of rotatable bonds is 4. The number of ether oxygens (including phenoxy) is 2. The van der Waals surface area contributed by atoms with Crippen molar-refractivity contribution in [2.24, 2.45) is 0 Å². The normalized spacial score (nSPS) is 11.6. The van der Waals surface area contributed by atoms with Gasteiger partial charge in [-0.3, -0.25) is 0 Å². The highest BCUT2D eigenvalue weighted by atomic mass is 32.2. The number of nitrogens with zero attached hydrogens (tertiary/aromatic N) is 1. The van der Waals surface area contributed by atoms with Crippen molar-refractivity contribution in [3.05, 3.63) is 72.3 Å². The molecule has 1 aromatic heterocycles. The van der Waals surface area contributed by atoms with Crippen molar-refractivity contribution in [3.63, 3.8) is 0 Å². The van der Waals surface area contributed by atoms with Crippen LogP contribution in [0.2, 0.25) is 0 Å². The van der Waals surface area contributed by atoms with Crippen molar-refractivity contribution in [3.8, 4) is 5.75 Å². The molecule has 0 saturated carbocycles. The van der Waals surface area contributed by atoms with Gasteiger partial charge in [-0.2, -0.15) is 0 Å². The van der Waals surface area contributed by atoms with E-state index in [2.05, 4.69) is 0 Å². The van der Waals surface area contributed by atoms with E-state index in [0.717, 1.165) is 0 Å². The molecule has 0 saturated heterocycles. The van der Waals surface area contributed by atoms with E-state index < -0.39 is 16.0 Å². The summed E-state index contributed by atoms with van der Waals surface area (Å²) in [6, 6.07) is 18.3. The summed E-state index contributed by atoms with van der Waals surface area (Å²) < 4.78 is 38.2. The van der Waals surface area contributed by atoms with Gasteiger partial charge in [0, 0.05) is 16.8 Å². The van der Waals surface area contributed by atoms with E-state index >= 15 is 0 Å². The summed E-state index contributed by atoms with van der Waals surface area (Å²) in [5, 5.41) is 1.33. The van der Waals surface area contributed by atoms with Gasteiger partial charge in [0.2, 0.25) is 0 Å². The fourth-order valence-electron chi connectivity index (χ4n) is 3.29. The molecule has 0 aliphatic rings. The van der Waals surface area contributed by atoms with Crippen LogP contribution in [0.4, 0.5) is 0 Å². The number of hydrogen-bond acceptors (Lipinski definition) is 5. The number of benzene rings is 3. The lowest BCUT2D eigenvalue weighted by molar-refractivity contribution is 0.0601. The first-order valence-corrected chi connectivity index (χ1v) is 9.92. The predicted molar refractivity (Wildman–Crippen MR) is 106 cm³/mol. The third-order valence-corrected chi connectivity index (χ3v) is 6.37. The lowest BCUT2D eigenvalue weighted by Gasteiger charge is -2.10. The summed E-state index contributed by atoms with van der Waals surface area (Å²) in [4.78, 5) is 12.1. The minimum Gasteiger partial charge on any atom is -0.497 e. The van der Waals surface area contributed by atoms with Crippen LogP contribution in [0.25, 0.3) is 21.8 Å². The van der Waals surface area contributed by atoms with E-state index in [1.807, 2.05) is 0 Å². The Balaban J connectivity index is 2.12. The van der Waals surface area contributed by atoms with Gasteiger partial charge in [-0.25, -0.2) is 17.2 Å². The second-order valence-corrected chi connectivity index (χ2v) is 7.98. The van der Waals surface area contributed by atoms with E-state index in [-0.39, 0.29) is 4.90 Å². The Morgan fingerprint density at radius 1 is 0.857 bits per heavy atom. The second kappa shape index (κ2) is 6.69. The van der Waals surface area contributed by atoms with Gasteiger partial charge in [0.25, 0.3) is 10.0 Å². The largest absolute Gasteiger partial charge is 0.497 e. The van der Waals surface area contributed by atoms with Crippen LogP contribution in [-0.2, 0) is 14.8 Å². The number of aromatic nitrogens is 1. The molecule has 6 nitrogen and oxygen atoms in total. The number of carbonyl (C=O) groups excluding carboxylic acids is 1. The quantitative estimate of drug-likeness (QED) is 0.491. The summed E-state index contributed by atoms with van der Waals surface area (Å²) in [5.41, 5.74) is 1.29. The van der Waals surface area contributed by atoms with Crippen molar-refractivity contribution < 1.29 is 22.7 Å². The summed E-state index contributed by atoms with van der Waals surface area (Å²) in [6.07, 6.45) is 0. The fraction of sp³-hybridized carbons (Fsp3) is 0.0952. The first-order chi connectivity index (χ1) is 13.5. The molecule has 28 heavy (non-hydrogen) atoms. The van der Waals surface area contributed by atoms with Crippen molar-refractivity contribution in [2.75, 3.05) is 14.2 Å². The van der Waals surface area contributed by atoms with Crippen LogP contribution in [0.15, 0.2) is 71.6 Å². The van der Waals surface area contributed by atoms with Gasteiger partial charge in [-0.15, -0.1) is 0 Å². The van der Waals surface area contributed by atoms with E-state index in [1.54, 1.807) is 66.7 Å². The van der Waals surface area contributed by atoms with Crippen LogP contribution in [0, 0.1) is 0 Å². The molecule has 0 bridgehead atoms. The van der Waals surface area contributed by atoms with Crippen molar-refractivity contribution in [1.29, 1.82) is 0 Å². The zero-order valence-corrected chi connectivity index (χ0v) is 16.1. The smallest absolute Gasteiger partial charge is 0.337 e. The third-order valence-electron chi connectivity index (χ3n) is 4.63. The molecule has 4 rings (SSSR count). The monoisotopic (exact) mass is 395 g/mol. The summed E-state index contributed by atoms with van der Waals surface area (Å²) in [6.45, 7) is 0. The lowest BCUT2D eigenvalue weighted by Crippen LogP contribution is -2.12. The van der Waals surface area contributed by atoms with Crippen LogP contribution in [-0.4, -0.2) is 32.6 Å². The van der Waals surface area contributed by atoms with Crippen molar-refractivity contribution in [2.45, 2.75) is 4.90 Å². The molecule has 0 amide bonds. The average Bonchev–Trinajstić information content (AvgIpc) is 3.07. The van der Waals surface area contributed by atoms with Gasteiger partial charge >= 0.3 is 5.97 Å². The maximum atomic E-state index is 13.4. The summed E-state index contributed by atoms with van der Waals surface area (Å²) >= 11 is 0. The average molecular weight is 395 g/mol.